The van der Waals surface area contributed by atoms with Gasteiger partial charge in [-0.3, -0.25) is 0 Å². The Morgan fingerprint density at radius 1 is 0.293 bits per heavy atom. The van der Waals surface area contributed by atoms with E-state index in [1.54, 1.807) is 6.07 Å². The lowest BCUT2D eigenvalue weighted by Gasteiger charge is -2.23. The van der Waals surface area contributed by atoms with Gasteiger partial charge in [0.2, 0.25) is 0 Å². The first-order chi connectivity index (χ1) is 39.5. The SMILES string of the molecule is Brc1cc2ccc1CCc1ccc(cc1Br)CC2.CC1(C)c2ccccc2-c2ccc(-c3cc4ccc3CCc3ccc(cc3-c3ccc5c(c3)C(C)(C)c3ccccc3-5)CC4)cc21.CC1(C)c2ccccc2-c2ccc(B(O)O)cc21. The Balaban J connectivity index is 0.000000143. The summed E-state index contributed by atoms with van der Waals surface area (Å²) in [4.78, 5) is 0. The first-order valence-electron chi connectivity index (χ1n) is 29.4. The van der Waals surface area contributed by atoms with Crippen molar-refractivity contribution in [2.75, 3.05) is 0 Å². The highest BCUT2D eigenvalue weighted by Gasteiger charge is 2.38. The average Bonchev–Trinajstić information content (AvgIpc) is 4.15. The van der Waals surface area contributed by atoms with Gasteiger partial charge in [0.05, 0.1) is 0 Å². The second kappa shape index (κ2) is 21.4. The second-order valence-electron chi connectivity index (χ2n) is 25.0. The van der Waals surface area contributed by atoms with Crippen molar-refractivity contribution in [2.24, 2.45) is 0 Å². The van der Waals surface area contributed by atoms with Gasteiger partial charge in [0, 0.05) is 25.2 Å². The largest absolute Gasteiger partial charge is 0.488 e. The van der Waals surface area contributed by atoms with Crippen molar-refractivity contribution in [1.29, 1.82) is 0 Å². The molecule has 0 spiro atoms. The molecule has 10 aromatic rings. The Morgan fingerprint density at radius 2 is 0.610 bits per heavy atom. The molecule has 11 aliphatic carbocycles. The van der Waals surface area contributed by atoms with Crippen LogP contribution in [0.5, 0.6) is 0 Å². The molecule has 0 saturated heterocycles. The van der Waals surface area contributed by atoms with Crippen LogP contribution < -0.4 is 5.46 Å². The number of benzene rings is 10. The molecule has 0 radical (unpaired) electrons. The van der Waals surface area contributed by atoms with E-state index in [4.69, 9.17) is 0 Å². The summed E-state index contributed by atoms with van der Waals surface area (Å²) in [6.45, 7) is 13.9. The summed E-state index contributed by atoms with van der Waals surface area (Å²) < 4.78 is 2.51. The normalized spacial score (nSPS) is 15.6. The number of fused-ring (bicyclic) bond motifs is 9. The molecular formula is C77H69BBr2O2. The Morgan fingerprint density at radius 3 is 0.988 bits per heavy atom. The maximum Gasteiger partial charge on any atom is 0.488 e. The van der Waals surface area contributed by atoms with E-state index in [1.807, 2.05) is 24.3 Å². The zero-order valence-corrected chi connectivity index (χ0v) is 51.1. The van der Waals surface area contributed by atoms with Crippen LogP contribution in [0, 0.1) is 0 Å². The first-order valence-corrected chi connectivity index (χ1v) is 31.0. The lowest BCUT2D eigenvalue weighted by atomic mass is 9.75. The second-order valence-corrected chi connectivity index (χ2v) is 26.8. The molecule has 10 aromatic carbocycles. The molecule has 21 rings (SSSR count). The van der Waals surface area contributed by atoms with Crippen molar-refractivity contribution < 1.29 is 10.0 Å². The third-order valence-corrected chi connectivity index (χ3v) is 20.5. The fraction of sp³-hybridized carbons (Fsp3) is 0.221. The summed E-state index contributed by atoms with van der Waals surface area (Å²) in [6, 6.07) is 74.6. The summed E-state index contributed by atoms with van der Waals surface area (Å²) in [5.74, 6) is 0. The van der Waals surface area contributed by atoms with Crippen LogP contribution in [0.15, 0.2) is 209 Å². The predicted molar refractivity (Wildman–Crippen MR) is 351 cm³/mol. The van der Waals surface area contributed by atoms with Gasteiger partial charge in [-0.2, -0.15) is 0 Å². The third-order valence-electron chi connectivity index (χ3n) is 19.0. The first kappa shape index (κ1) is 54.4. The van der Waals surface area contributed by atoms with E-state index in [2.05, 4.69) is 243 Å². The van der Waals surface area contributed by atoms with Crippen LogP contribution in [-0.2, 0) is 67.6 Å². The van der Waals surface area contributed by atoms with E-state index >= 15 is 0 Å². The topological polar surface area (TPSA) is 40.5 Å². The van der Waals surface area contributed by atoms with E-state index in [1.165, 1.54) is 137 Å². The third kappa shape index (κ3) is 9.80. The summed E-state index contributed by atoms with van der Waals surface area (Å²) in [5.41, 5.74) is 33.5. The Bertz CT molecular complexity index is 3950. The van der Waals surface area contributed by atoms with Gasteiger partial charge >= 0.3 is 7.12 Å². The number of halogens is 2. The highest BCUT2D eigenvalue weighted by molar-refractivity contribution is 9.10. The monoisotopic (exact) mass is 1190 g/mol. The van der Waals surface area contributed by atoms with E-state index in [-0.39, 0.29) is 16.2 Å². The van der Waals surface area contributed by atoms with Gasteiger partial charge in [0.25, 0.3) is 0 Å². The summed E-state index contributed by atoms with van der Waals surface area (Å²) in [5, 5.41) is 18.6. The highest BCUT2D eigenvalue weighted by Crippen LogP contribution is 2.52. The van der Waals surface area contributed by atoms with E-state index in [0.29, 0.717) is 5.46 Å². The molecule has 0 heterocycles. The number of aryl methyl sites for hydroxylation is 8. The van der Waals surface area contributed by atoms with E-state index in [9.17, 15) is 10.0 Å². The van der Waals surface area contributed by atoms with Gasteiger partial charge in [-0.25, -0.2) is 0 Å². The summed E-state index contributed by atoms with van der Waals surface area (Å²) in [7, 11) is -1.41. The number of hydrogen-bond acceptors (Lipinski definition) is 2. The average molecular weight is 1200 g/mol. The van der Waals surface area contributed by atoms with E-state index < -0.39 is 7.12 Å². The molecule has 0 saturated carbocycles. The van der Waals surface area contributed by atoms with Crippen LogP contribution >= 0.6 is 31.9 Å². The molecule has 0 aliphatic heterocycles. The lowest BCUT2D eigenvalue weighted by Crippen LogP contribution is -2.31. The number of rotatable bonds is 3. The number of hydrogen-bond donors (Lipinski definition) is 2. The fourth-order valence-electron chi connectivity index (χ4n) is 14.2. The van der Waals surface area contributed by atoms with Gasteiger partial charge in [-0.15, -0.1) is 0 Å². The summed E-state index contributed by atoms with van der Waals surface area (Å²) >= 11 is 7.39. The van der Waals surface area contributed by atoms with Crippen molar-refractivity contribution >= 4 is 44.4 Å². The van der Waals surface area contributed by atoms with E-state index in [0.717, 1.165) is 56.9 Å². The minimum absolute atomic E-state index is 0.00245. The van der Waals surface area contributed by atoms with Crippen LogP contribution in [0.3, 0.4) is 0 Å². The minimum atomic E-state index is -1.41. The van der Waals surface area contributed by atoms with Crippen LogP contribution in [0.4, 0.5) is 0 Å². The molecule has 0 unspecified atom stereocenters. The zero-order chi connectivity index (χ0) is 56.7. The predicted octanol–water partition coefficient (Wildman–Crippen LogP) is 18.3. The van der Waals surface area contributed by atoms with Crippen molar-refractivity contribution in [2.45, 2.75) is 109 Å². The molecule has 0 atom stereocenters. The molecule has 2 N–H and O–H groups in total. The molecule has 406 valence electrons. The molecule has 2 nitrogen and oxygen atoms in total. The Hall–Kier alpha value is -6.86. The lowest BCUT2D eigenvalue weighted by molar-refractivity contribution is 0.425. The van der Waals surface area contributed by atoms with Crippen LogP contribution in [0.2, 0.25) is 0 Å². The molecular weight excluding hydrogens is 1130 g/mol. The van der Waals surface area contributed by atoms with Crippen LogP contribution in [0.1, 0.15) is 119 Å². The van der Waals surface area contributed by atoms with Gasteiger partial charge in [-0.05, 0) is 215 Å². The standard InChI is InChI=1S/C46H40.C16H14Br2.C15H15BO2/c1-45(2)41-11-7-5-9-35(41)37-23-21-33(27-43(37)45)39-25-29-13-14-30-16-18-32(20-19-31(39)17-15-29)40(26-30)34-22-24-38-36-10-6-8-12-42(36)46(3,4)44(38)28-34;17-15-9-11-1-2-12-4-6-14(16(18)10-12)8-7-13(15)5-3-11;1-15(2)13-6-4-3-5-11(13)12-8-7-10(16(17)18)9-14(12)15/h5-12,15-18,21-28H,13-14,19-20H2,1-4H3;3-6,9-10H,1-2,7-8H2;3-9,17-18H,1-2H3. The fourth-order valence-corrected chi connectivity index (χ4v) is 15.4. The van der Waals surface area contributed by atoms with Crippen molar-refractivity contribution in [1.82, 2.24) is 0 Å². The van der Waals surface area contributed by atoms with Gasteiger partial charge in [0.1, 0.15) is 0 Å². The molecule has 0 amide bonds. The van der Waals surface area contributed by atoms with Crippen molar-refractivity contribution in [3.63, 3.8) is 0 Å². The molecule has 0 fully saturated rings. The minimum Gasteiger partial charge on any atom is -0.423 e. The molecule has 8 bridgehead atoms. The molecule has 0 aromatic heterocycles. The Labute approximate surface area is 502 Å². The molecule has 5 heteroatoms. The summed E-state index contributed by atoms with van der Waals surface area (Å²) in [6.07, 6.45) is 8.49. The van der Waals surface area contributed by atoms with Crippen LogP contribution in [-0.4, -0.2) is 17.2 Å². The molecule has 11 aliphatic rings. The van der Waals surface area contributed by atoms with Gasteiger partial charge in [-0.1, -0.05) is 249 Å². The highest BCUT2D eigenvalue weighted by atomic mass is 79.9. The van der Waals surface area contributed by atoms with Crippen molar-refractivity contribution in [3.05, 3.63) is 287 Å². The maximum atomic E-state index is 9.30. The Kier molecular flexibility index (Phi) is 14.2. The van der Waals surface area contributed by atoms with Crippen LogP contribution in [0.25, 0.3) is 55.6 Å². The smallest absolute Gasteiger partial charge is 0.423 e. The quantitative estimate of drug-likeness (QED) is 0.173. The van der Waals surface area contributed by atoms with Crippen molar-refractivity contribution in [3.8, 4) is 55.6 Å². The maximum absolute atomic E-state index is 9.30. The zero-order valence-electron chi connectivity index (χ0n) is 47.9. The van der Waals surface area contributed by atoms with Gasteiger partial charge in [0.15, 0.2) is 0 Å². The molecule has 82 heavy (non-hydrogen) atoms. The van der Waals surface area contributed by atoms with Gasteiger partial charge < -0.3 is 10.0 Å².